The summed E-state index contributed by atoms with van der Waals surface area (Å²) in [5.74, 6) is 2.05. The first-order valence-electron chi connectivity index (χ1n) is 8.85. The second-order valence-electron chi connectivity index (χ2n) is 6.66. The van der Waals surface area contributed by atoms with Crippen molar-refractivity contribution in [2.45, 2.75) is 33.1 Å². The molecule has 2 aromatic carbocycles. The van der Waals surface area contributed by atoms with Gasteiger partial charge in [-0.1, -0.05) is 6.07 Å². The van der Waals surface area contributed by atoms with E-state index in [1.165, 1.54) is 11.1 Å². The Morgan fingerprint density at radius 1 is 0.960 bits per heavy atom. The van der Waals surface area contributed by atoms with Crippen LogP contribution in [-0.4, -0.2) is 19.1 Å². The fraction of sp³-hybridized carbons (Fsp3) is 0.381. The van der Waals surface area contributed by atoms with Crippen LogP contribution in [-0.2, 0) is 4.79 Å². The smallest absolute Gasteiger partial charge is 0.227 e. The summed E-state index contributed by atoms with van der Waals surface area (Å²) in [6.07, 6.45) is 2.83. The molecule has 0 saturated heterocycles. The first-order chi connectivity index (χ1) is 12.1. The molecule has 0 unspecified atom stereocenters. The van der Waals surface area contributed by atoms with E-state index in [2.05, 4.69) is 25.2 Å². The summed E-state index contributed by atoms with van der Waals surface area (Å²) in [5, 5.41) is 2.92. The van der Waals surface area contributed by atoms with E-state index in [0.717, 1.165) is 36.4 Å². The molecule has 1 aliphatic rings. The fourth-order valence-electron chi connectivity index (χ4n) is 2.68. The van der Waals surface area contributed by atoms with Gasteiger partial charge in [0.15, 0.2) is 0 Å². The van der Waals surface area contributed by atoms with Crippen molar-refractivity contribution >= 4 is 11.6 Å². The Hall–Kier alpha value is -2.49. The fourth-order valence-corrected chi connectivity index (χ4v) is 2.68. The highest BCUT2D eigenvalue weighted by molar-refractivity contribution is 5.94. The van der Waals surface area contributed by atoms with Crippen molar-refractivity contribution in [2.24, 2.45) is 5.92 Å². The Morgan fingerprint density at radius 2 is 1.56 bits per heavy atom. The van der Waals surface area contributed by atoms with Gasteiger partial charge in [0.05, 0.1) is 13.2 Å². The SMILES string of the molecule is Cc1cc(C)cc(OCCCOc2ccc(NC(=O)C3CC3)cc2)c1. The van der Waals surface area contributed by atoms with Crippen LogP contribution in [0.15, 0.2) is 42.5 Å². The first-order valence-corrected chi connectivity index (χ1v) is 8.85. The zero-order chi connectivity index (χ0) is 17.6. The molecule has 0 heterocycles. The maximum Gasteiger partial charge on any atom is 0.227 e. The number of ether oxygens (including phenoxy) is 2. The second-order valence-corrected chi connectivity index (χ2v) is 6.66. The third-order valence-electron chi connectivity index (χ3n) is 4.09. The van der Waals surface area contributed by atoms with Gasteiger partial charge in [-0.05, 0) is 74.2 Å². The van der Waals surface area contributed by atoms with Crippen LogP contribution < -0.4 is 14.8 Å². The van der Waals surface area contributed by atoms with Crippen LogP contribution >= 0.6 is 0 Å². The van der Waals surface area contributed by atoms with Gasteiger partial charge in [0.2, 0.25) is 5.91 Å². The van der Waals surface area contributed by atoms with Crippen LogP contribution in [0.25, 0.3) is 0 Å². The summed E-state index contributed by atoms with van der Waals surface area (Å²) in [6.45, 7) is 5.36. The second kappa shape index (κ2) is 8.06. The van der Waals surface area contributed by atoms with Crippen LogP contribution in [0, 0.1) is 19.8 Å². The molecule has 0 aliphatic heterocycles. The minimum atomic E-state index is 0.122. The number of rotatable bonds is 8. The molecule has 3 rings (SSSR count). The lowest BCUT2D eigenvalue weighted by atomic mass is 10.1. The predicted octanol–water partition coefficient (Wildman–Crippen LogP) is 4.50. The van der Waals surface area contributed by atoms with E-state index in [1.54, 1.807) is 0 Å². The minimum absolute atomic E-state index is 0.122. The van der Waals surface area contributed by atoms with Crippen molar-refractivity contribution in [3.05, 3.63) is 53.6 Å². The highest BCUT2D eigenvalue weighted by Gasteiger charge is 2.29. The van der Waals surface area contributed by atoms with E-state index in [4.69, 9.17) is 9.47 Å². The van der Waals surface area contributed by atoms with Gasteiger partial charge in [-0.25, -0.2) is 0 Å². The third-order valence-corrected chi connectivity index (χ3v) is 4.09. The number of nitrogens with one attached hydrogen (secondary N) is 1. The molecular formula is C21H25NO3. The summed E-state index contributed by atoms with van der Waals surface area (Å²) in [4.78, 5) is 11.7. The Kier molecular flexibility index (Phi) is 5.59. The number of carbonyl (C=O) groups is 1. The van der Waals surface area contributed by atoms with E-state index in [0.29, 0.717) is 13.2 Å². The normalized spacial score (nSPS) is 13.4. The molecule has 1 amide bonds. The number of anilines is 1. The molecule has 0 spiro atoms. The molecule has 132 valence electrons. The molecule has 1 saturated carbocycles. The molecule has 0 radical (unpaired) electrons. The van der Waals surface area contributed by atoms with Crippen LogP contribution in [0.2, 0.25) is 0 Å². The zero-order valence-electron chi connectivity index (χ0n) is 14.9. The standard InChI is InChI=1S/C21H25NO3/c1-15-12-16(2)14-20(13-15)25-11-3-10-24-19-8-6-18(7-9-19)22-21(23)17-4-5-17/h6-9,12-14,17H,3-5,10-11H2,1-2H3,(H,22,23). The van der Waals surface area contributed by atoms with Gasteiger partial charge >= 0.3 is 0 Å². The van der Waals surface area contributed by atoms with Gasteiger partial charge in [0.25, 0.3) is 0 Å². The van der Waals surface area contributed by atoms with Gasteiger partial charge in [-0.2, -0.15) is 0 Å². The van der Waals surface area contributed by atoms with Gasteiger partial charge in [0.1, 0.15) is 11.5 Å². The highest BCUT2D eigenvalue weighted by Crippen LogP contribution is 2.30. The minimum Gasteiger partial charge on any atom is -0.493 e. The highest BCUT2D eigenvalue weighted by atomic mass is 16.5. The predicted molar refractivity (Wildman–Crippen MR) is 99.3 cm³/mol. The molecule has 1 fully saturated rings. The number of aryl methyl sites for hydroxylation is 2. The molecule has 1 N–H and O–H groups in total. The van der Waals surface area contributed by atoms with Gasteiger partial charge in [-0.15, -0.1) is 0 Å². The molecule has 2 aromatic rings. The monoisotopic (exact) mass is 339 g/mol. The van der Waals surface area contributed by atoms with Crippen LogP contribution in [0.5, 0.6) is 11.5 Å². The van der Waals surface area contributed by atoms with Crippen LogP contribution in [0.1, 0.15) is 30.4 Å². The van der Waals surface area contributed by atoms with Gasteiger partial charge in [-0.3, -0.25) is 4.79 Å². The maximum absolute atomic E-state index is 11.7. The van der Waals surface area contributed by atoms with E-state index < -0.39 is 0 Å². The van der Waals surface area contributed by atoms with E-state index in [1.807, 2.05) is 36.4 Å². The largest absolute Gasteiger partial charge is 0.493 e. The number of amides is 1. The van der Waals surface area contributed by atoms with Gasteiger partial charge < -0.3 is 14.8 Å². The zero-order valence-corrected chi connectivity index (χ0v) is 14.9. The number of hydrogen-bond acceptors (Lipinski definition) is 3. The van der Waals surface area contributed by atoms with E-state index in [-0.39, 0.29) is 11.8 Å². The molecular weight excluding hydrogens is 314 g/mol. The van der Waals surface area contributed by atoms with Crippen molar-refractivity contribution in [1.29, 1.82) is 0 Å². The first kappa shape index (κ1) is 17.3. The molecule has 0 bridgehead atoms. The summed E-state index contributed by atoms with van der Waals surface area (Å²) in [5.41, 5.74) is 3.24. The topological polar surface area (TPSA) is 47.6 Å². The lowest BCUT2D eigenvalue weighted by Crippen LogP contribution is -2.13. The number of benzene rings is 2. The molecule has 25 heavy (non-hydrogen) atoms. The average molecular weight is 339 g/mol. The molecule has 0 atom stereocenters. The van der Waals surface area contributed by atoms with Crippen molar-refractivity contribution in [1.82, 2.24) is 0 Å². The molecule has 4 heteroatoms. The summed E-state index contributed by atoms with van der Waals surface area (Å²) < 4.78 is 11.5. The van der Waals surface area contributed by atoms with Crippen LogP contribution in [0.4, 0.5) is 5.69 Å². The Morgan fingerprint density at radius 3 is 2.16 bits per heavy atom. The van der Waals surface area contributed by atoms with E-state index in [9.17, 15) is 4.79 Å². The van der Waals surface area contributed by atoms with Crippen molar-refractivity contribution in [3.63, 3.8) is 0 Å². The van der Waals surface area contributed by atoms with Crippen LogP contribution in [0.3, 0.4) is 0 Å². The Labute approximate surface area is 149 Å². The van der Waals surface area contributed by atoms with E-state index >= 15 is 0 Å². The lowest BCUT2D eigenvalue weighted by Gasteiger charge is -2.10. The van der Waals surface area contributed by atoms with Gasteiger partial charge in [0, 0.05) is 18.0 Å². The Balaban J connectivity index is 1.36. The van der Waals surface area contributed by atoms with Crippen molar-refractivity contribution < 1.29 is 14.3 Å². The maximum atomic E-state index is 11.7. The quantitative estimate of drug-likeness (QED) is 0.720. The third kappa shape index (κ3) is 5.52. The number of hydrogen-bond donors (Lipinski definition) is 1. The van der Waals surface area contributed by atoms with Crippen molar-refractivity contribution in [2.75, 3.05) is 18.5 Å². The summed E-state index contributed by atoms with van der Waals surface area (Å²) in [6, 6.07) is 13.7. The molecule has 1 aliphatic carbocycles. The Bertz CT molecular complexity index is 700. The average Bonchev–Trinajstić information content (AvgIpc) is 3.40. The molecule has 4 nitrogen and oxygen atoms in total. The number of carbonyl (C=O) groups excluding carboxylic acids is 1. The summed E-state index contributed by atoms with van der Waals surface area (Å²) >= 11 is 0. The van der Waals surface area contributed by atoms with Crippen molar-refractivity contribution in [3.8, 4) is 11.5 Å². The molecule has 0 aromatic heterocycles. The lowest BCUT2D eigenvalue weighted by molar-refractivity contribution is -0.117. The summed E-state index contributed by atoms with van der Waals surface area (Å²) in [7, 11) is 0.